The van der Waals surface area contributed by atoms with Crippen molar-refractivity contribution in [3.05, 3.63) is 70.2 Å². The maximum atomic E-state index is 11.9. The standard InChI is InChI=1S/C15H11Cl2NO/c16-12-8-4-5-9-14(12)18-15(19)13(17)10-11-6-2-1-3-7-11/h1-10H,(H,18,19)/b13-10-. The van der Waals surface area contributed by atoms with Gasteiger partial charge in [0.2, 0.25) is 0 Å². The third kappa shape index (κ3) is 3.85. The average Bonchev–Trinajstić information content (AvgIpc) is 2.42. The van der Waals surface area contributed by atoms with Crippen LogP contribution in [0.25, 0.3) is 6.08 Å². The Labute approximate surface area is 121 Å². The van der Waals surface area contributed by atoms with Crippen LogP contribution < -0.4 is 5.32 Å². The molecule has 1 N–H and O–H groups in total. The smallest absolute Gasteiger partial charge is 0.267 e. The maximum absolute atomic E-state index is 11.9. The van der Waals surface area contributed by atoms with E-state index in [0.717, 1.165) is 5.56 Å². The average molecular weight is 292 g/mol. The Morgan fingerprint density at radius 1 is 1.00 bits per heavy atom. The number of para-hydroxylation sites is 1. The number of benzene rings is 2. The van der Waals surface area contributed by atoms with Crippen molar-refractivity contribution in [2.24, 2.45) is 0 Å². The van der Waals surface area contributed by atoms with Gasteiger partial charge >= 0.3 is 0 Å². The Bertz CT molecular complexity index is 609. The lowest BCUT2D eigenvalue weighted by atomic mass is 10.2. The molecule has 19 heavy (non-hydrogen) atoms. The summed E-state index contributed by atoms with van der Waals surface area (Å²) in [6.07, 6.45) is 1.60. The van der Waals surface area contributed by atoms with E-state index >= 15 is 0 Å². The van der Waals surface area contributed by atoms with Gasteiger partial charge in [-0.3, -0.25) is 4.79 Å². The van der Waals surface area contributed by atoms with Crippen molar-refractivity contribution in [2.75, 3.05) is 5.32 Å². The second-order valence-electron chi connectivity index (χ2n) is 3.84. The van der Waals surface area contributed by atoms with E-state index in [1.165, 1.54) is 0 Å². The highest BCUT2D eigenvalue weighted by Gasteiger charge is 2.08. The van der Waals surface area contributed by atoms with Gasteiger partial charge < -0.3 is 5.32 Å². The zero-order valence-corrected chi connectivity index (χ0v) is 11.4. The van der Waals surface area contributed by atoms with Crippen LogP contribution in [-0.2, 0) is 4.79 Å². The Kier molecular flexibility index (Phi) is 4.61. The third-order valence-corrected chi connectivity index (χ3v) is 3.04. The van der Waals surface area contributed by atoms with Crippen molar-refractivity contribution in [1.82, 2.24) is 0 Å². The maximum Gasteiger partial charge on any atom is 0.267 e. The second-order valence-corrected chi connectivity index (χ2v) is 4.65. The van der Waals surface area contributed by atoms with Gasteiger partial charge in [0.05, 0.1) is 10.7 Å². The van der Waals surface area contributed by atoms with Crippen molar-refractivity contribution >= 4 is 40.9 Å². The first-order valence-corrected chi connectivity index (χ1v) is 6.40. The summed E-state index contributed by atoms with van der Waals surface area (Å²) in [5, 5.41) is 3.23. The minimum atomic E-state index is -0.390. The summed E-state index contributed by atoms with van der Waals surface area (Å²) in [5.41, 5.74) is 1.40. The van der Waals surface area contributed by atoms with Crippen LogP contribution in [0.15, 0.2) is 59.6 Å². The molecule has 0 aliphatic rings. The molecular weight excluding hydrogens is 281 g/mol. The van der Waals surface area contributed by atoms with Crippen molar-refractivity contribution in [2.45, 2.75) is 0 Å². The van der Waals surface area contributed by atoms with Gasteiger partial charge in [-0.25, -0.2) is 0 Å². The number of carbonyl (C=O) groups is 1. The fourth-order valence-corrected chi connectivity index (χ4v) is 1.86. The predicted octanol–water partition coefficient (Wildman–Crippen LogP) is 4.56. The highest BCUT2D eigenvalue weighted by atomic mass is 35.5. The van der Waals surface area contributed by atoms with Gasteiger partial charge in [-0.2, -0.15) is 0 Å². The molecule has 1 amide bonds. The molecule has 0 bridgehead atoms. The van der Waals surface area contributed by atoms with E-state index in [1.807, 2.05) is 30.3 Å². The molecule has 96 valence electrons. The van der Waals surface area contributed by atoms with Crippen LogP contribution in [0.5, 0.6) is 0 Å². The summed E-state index contributed by atoms with van der Waals surface area (Å²) in [4.78, 5) is 11.9. The lowest BCUT2D eigenvalue weighted by molar-refractivity contribution is -0.112. The lowest BCUT2D eigenvalue weighted by Crippen LogP contribution is -2.11. The van der Waals surface area contributed by atoms with E-state index in [2.05, 4.69) is 5.32 Å². The van der Waals surface area contributed by atoms with Crippen molar-refractivity contribution in [3.63, 3.8) is 0 Å². The fraction of sp³-hybridized carbons (Fsp3) is 0. The Balaban J connectivity index is 2.12. The SMILES string of the molecule is O=C(Nc1ccccc1Cl)/C(Cl)=C/c1ccccc1. The lowest BCUT2D eigenvalue weighted by Gasteiger charge is -2.06. The topological polar surface area (TPSA) is 29.1 Å². The van der Waals surface area contributed by atoms with Gasteiger partial charge in [0.15, 0.2) is 0 Å². The molecule has 0 unspecified atom stereocenters. The molecule has 0 fully saturated rings. The number of amides is 1. The van der Waals surface area contributed by atoms with E-state index in [1.54, 1.807) is 30.3 Å². The molecule has 0 heterocycles. The second kappa shape index (κ2) is 6.41. The number of halogens is 2. The van der Waals surface area contributed by atoms with Gasteiger partial charge in [0, 0.05) is 0 Å². The summed E-state index contributed by atoms with van der Waals surface area (Å²) in [6.45, 7) is 0. The van der Waals surface area contributed by atoms with E-state index in [9.17, 15) is 4.79 Å². The Morgan fingerprint density at radius 3 is 2.32 bits per heavy atom. The van der Waals surface area contributed by atoms with Gasteiger partial charge in [0.25, 0.3) is 5.91 Å². The molecule has 0 radical (unpaired) electrons. The zero-order chi connectivity index (χ0) is 13.7. The summed E-state index contributed by atoms with van der Waals surface area (Å²) in [5.74, 6) is -0.390. The summed E-state index contributed by atoms with van der Waals surface area (Å²) < 4.78 is 0. The number of hydrogen-bond acceptors (Lipinski definition) is 1. The Hall–Kier alpha value is -1.77. The predicted molar refractivity (Wildman–Crippen MR) is 80.4 cm³/mol. The van der Waals surface area contributed by atoms with Gasteiger partial charge in [0.1, 0.15) is 5.03 Å². The van der Waals surface area contributed by atoms with Gasteiger partial charge in [-0.05, 0) is 23.8 Å². The third-order valence-electron chi connectivity index (χ3n) is 2.43. The molecule has 2 aromatic carbocycles. The van der Waals surface area contributed by atoms with Crippen LogP contribution in [0, 0.1) is 0 Å². The van der Waals surface area contributed by atoms with Crippen molar-refractivity contribution in [3.8, 4) is 0 Å². The Morgan fingerprint density at radius 2 is 1.63 bits per heavy atom. The first-order valence-electron chi connectivity index (χ1n) is 5.65. The van der Waals surface area contributed by atoms with Gasteiger partial charge in [-0.15, -0.1) is 0 Å². The summed E-state index contributed by atoms with van der Waals surface area (Å²) >= 11 is 11.9. The molecule has 2 nitrogen and oxygen atoms in total. The van der Waals surface area contributed by atoms with Crippen LogP contribution in [-0.4, -0.2) is 5.91 Å². The quantitative estimate of drug-likeness (QED) is 0.826. The molecule has 0 saturated heterocycles. The molecule has 2 rings (SSSR count). The number of hydrogen-bond donors (Lipinski definition) is 1. The summed E-state index contributed by atoms with van der Waals surface area (Å²) in [6, 6.07) is 16.4. The molecule has 0 aliphatic carbocycles. The number of carbonyl (C=O) groups excluding carboxylic acids is 1. The molecular formula is C15H11Cl2NO. The molecule has 0 spiro atoms. The highest BCUT2D eigenvalue weighted by Crippen LogP contribution is 2.22. The first kappa shape index (κ1) is 13.7. The first-order chi connectivity index (χ1) is 9.16. The summed E-state index contributed by atoms with van der Waals surface area (Å²) in [7, 11) is 0. The molecule has 2 aromatic rings. The largest absolute Gasteiger partial charge is 0.320 e. The molecule has 4 heteroatoms. The molecule has 0 aliphatic heterocycles. The van der Waals surface area contributed by atoms with E-state index in [-0.39, 0.29) is 5.03 Å². The normalized spacial score (nSPS) is 11.2. The van der Waals surface area contributed by atoms with Crippen LogP contribution >= 0.6 is 23.2 Å². The van der Waals surface area contributed by atoms with E-state index in [0.29, 0.717) is 10.7 Å². The van der Waals surface area contributed by atoms with Crippen molar-refractivity contribution < 1.29 is 4.79 Å². The number of anilines is 1. The van der Waals surface area contributed by atoms with E-state index in [4.69, 9.17) is 23.2 Å². The fourth-order valence-electron chi connectivity index (χ4n) is 1.51. The molecule has 0 aromatic heterocycles. The van der Waals surface area contributed by atoms with Crippen LogP contribution in [0.4, 0.5) is 5.69 Å². The minimum absolute atomic E-state index is 0.103. The monoisotopic (exact) mass is 291 g/mol. The molecule has 0 saturated carbocycles. The number of nitrogens with one attached hydrogen (secondary N) is 1. The van der Waals surface area contributed by atoms with Crippen molar-refractivity contribution in [1.29, 1.82) is 0 Å². The van der Waals surface area contributed by atoms with Crippen LogP contribution in [0.2, 0.25) is 5.02 Å². The van der Waals surface area contributed by atoms with Crippen LogP contribution in [0.3, 0.4) is 0 Å². The van der Waals surface area contributed by atoms with Crippen LogP contribution in [0.1, 0.15) is 5.56 Å². The molecule has 0 atom stereocenters. The zero-order valence-electron chi connectivity index (χ0n) is 9.94. The minimum Gasteiger partial charge on any atom is -0.320 e. The number of rotatable bonds is 3. The van der Waals surface area contributed by atoms with E-state index < -0.39 is 5.91 Å². The highest BCUT2D eigenvalue weighted by molar-refractivity contribution is 6.46. The van der Waals surface area contributed by atoms with Gasteiger partial charge in [-0.1, -0.05) is 65.7 Å².